The van der Waals surface area contributed by atoms with Crippen molar-refractivity contribution >= 4 is 0 Å². The number of rotatable bonds is 18. The van der Waals surface area contributed by atoms with Crippen molar-refractivity contribution in [3.05, 3.63) is 36.2 Å². The summed E-state index contributed by atoms with van der Waals surface area (Å²) >= 11 is 0. The lowest BCUT2D eigenvalue weighted by Crippen LogP contribution is -2.14. The highest BCUT2D eigenvalue weighted by Crippen LogP contribution is 2.30. The fourth-order valence-electron chi connectivity index (χ4n) is 4.96. The molecule has 206 valence electrons. The van der Waals surface area contributed by atoms with Crippen LogP contribution in [0.2, 0.25) is 0 Å². The van der Waals surface area contributed by atoms with Gasteiger partial charge in [-0.25, -0.2) is 18.7 Å². The minimum Gasteiger partial charge on any atom is -0.490 e. The summed E-state index contributed by atoms with van der Waals surface area (Å²) in [5.41, 5.74) is -0.0784. The van der Waals surface area contributed by atoms with Gasteiger partial charge in [0.1, 0.15) is 12.8 Å². The summed E-state index contributed by atoms with van der Waals surface area (Å²) in [6.45, 7) is 2.37. The van der Waals surface area contributed by atoms with E-state index in [1.54, 1.807) is 0 Å². The van der Waals surface area contributed by atoms with Crippen molar-refractivity contribution in [1.29, 1.82) is 0 Å². The molecule has 1 aromatic heterocycles. The van der Waals surface area contributed by atoms with Crippen LogP contribution in [0, 0.1) is 17.6 Å². The standard InChI is InChI=1S/C30H43F3N2O2/c1-2-3-4-9-16-24(31)22-37-27-18-17-26(28(32)29(27)33)30-34-20-25(21-35-30)36-19-12-7-5-6-8-13-23-14-10-11-15-23/h17-18,20-21,23-24H,2-16,19,22H2,1H3/t24-/m1/s1. The summed E-state index contributed by atoms with van der Waals surface area (Å²) in [5, 5.41) is 0. The number of nitrogens with zero attached hydrogens (tertiary/aromatic N) is 2. The third kappa shape index (κ3) is 10.2. The highest BCUT2D eigenvalue weighted by Gasteiger charge is 2.19. The maximum absolute atomic E-state index is 14.7. The average molecular weight is 521 g/mol. The molecule has 1 saturated carbocycles. The van der Waals surface area contributed by atoms with Crippen LogP contribution in [0.1, 0.15) is 103 Å². The average Bonchev–Trinajstić information content (AvgIpc) is 3.43. The van der Waals surface area contributed by atoms with E-state index in [9.17, 15) is 13.2 Å². The zero-order valence-electron chi connectivity index (χ0n) is 22.3. The van der Waals surface area contributed by atoms with Crippen LogP contribution in [-0.2, 0) is 0 Å². The van der Waals surface area contributed by atoms with E-state index < -0.39 is 17.8 Å². The molecular formula is C30H43F3N2O2. The van der Waals surface area contributed by atoms with Crippen molar-refractivity contribution in [2.24, 2.45) is 5.92 Å². The molecule has 0 unspecified atom stereocenters. The number of unbranched alkanes of at least 4 members (excludes halogenated alkanes) is 7. The highest BCUT2D eigenvalue weighted by atomic mass is 19.2. The van der Waals surface area contributed by atoms with Crippen LogP contribution in [0.4, 0.5) is 13.2 Å². The van der Waals surface area contributed by atoms with Crippen molar-refractivity contribution in [2.75, 3.05) is 13.2 Å². The maximum atomic E-state index is 14.7. The SMILES string of the molecule is CCCCCC[C@@H](F)COc1ccc(-c2ncc(OCCCCCCCC3CCCC3)cn2)c(F)c1F. The van der Waals surface area contributed by atoms with E-state index in [0.717, 1.165) is 44.4 Å². The van der Waals surface area contributed by atoms with Gasteiger partial charge in [0.25, 0.3) is 0 Å². The Balaban J connectivity index is 1.37. The summed E-state index contributed by atoms with van der Waals surface area (Å²) in [6.07, 6.45) is 18.9. The van der Waals surface area contributed by atoms with Crippen LogP contribution in [0.3, 0.4) is 0 Å². The first kappa shape index (κ1) is 29.2. The van der Waals surface area contributed by atoms with Gasteiger partial charge in [0.2, 0.25) is 5.82 Å². The second-order valence-electron chi connectivity index (χ2n) is 10.3. The van der Waals surface area contributed by atoms with Crippen LogP contribution in [-0.4, -0.2) is 29.4 Å². The highest BCUT2D eigenvalue weighted by molar-refractivity contribution is 5.57. The first-order valence-corrected chi connectivity index (χ1v) is 14.3. The summed E-state index contributed by atoms with van der Waals surface area (Å²) < 4.78 is 54.1. The largest absolute Gasteiger partial charge is 0.490 e. The van der Waals surface area contributed by atoms with Crippen LogP contribution < -0.4 is 9.47 Å². The minimum absolute atomic E-state index is 0.0526. The Kier molecular flexibility index (Phi) is 13.1. The van der Waals surface area contributed by atoms with E-state index >= 15 is 0 Å². The van der Waals surface area contributed by atoms with Crippen LogP contribution in [0.25, 0.3) is 11.4 Å². The molecule has 1 heterocycles. The number of alkyl halides is 1. The number of halogens is 3. The molecule has 1 fully saturated rings. The van der Waals surface area contributed by atoms with Crippen molar-refractivity contribution in [2.45, 2.75) is 109 Å². The van der Waals surface area contributed by atoms with Gasteiger partial charge < -0.3 is 9.47 Å². The molecule has 0 spiro atoms. The summed E-state index contributed by atoms with van der Waals surface area (Å²) in [6, 6.07) is 2.64. The maximum Gasteiger partial charge on any atom is 0.201 e. The lowest BCUT2D eigenvalue weighted by Gasteiger charge is -2.12. The Morgan fingerprint density at radius 1 is 0.865 bits per heavy atom. The van der Waals surface area contributed by atoms with Gasteiger partial charge in [-0.3, -0.25) is 0 Å². The number of hydrogen-bond donors (Lipinski definition) is 0. The molecule has 0 amide bonds. The molecule has 3 rings (SSSR count). The van der Waals surface area contributed by atoms with Crippen molar-refractivity contribution in [1.82, 2.24) is 9.97 Å². The van der Waals surface area contributed by atoms with Gasteiger partial charge in [0.05, 0.1) is 24.6 Å². The molecule has 1 aliphatic rings. The second kappa shape index (κ2) is 16.5. The lowest BCUT2D eigenvalue weighted by molar-refractivity contribution is 0.177. The molecule has 1 aromatic carbocycles. The monoisotopic (exact) mass is 520 g/mol. The number of benzene rings is 1. The van der Waals surface area contributed by atoms with E-state index in [1.807, 2.05) is 0 Å². The molecule has 1 aliphatic carbocycles. The van der Waals surface area contributed by atoms with E-state index in [0.29, 0.717) is 18.8 Å². The van der Waals surface area contributed by atoms with E-state index in [-0.39, 0.29) is 23.7 Å². The Labute approximate surface area is 220 Å². The molecule has 0 bridgehead atoms. The van der Waals surface area contributed by atoms with Crippen molar-refractivity contribution in [3.8, 4) is 22.9 Å². The van der Waals surface area contributed by atoms with Gasteiger partial charge in [0, 0.05) is 0 Å². The molecule has 4 nitrogen and oxygen atoms in total. The molecule has 7 heteroatoms. The summed E-state index contributed by atoms with van der Waals surface area (Å²) in [7, 11) is 0. The first-order chi connectivity index (χ1) is 18.1. The number of aromatic nitrogens is 2. The fourth-order valence-corrected chi connectivity index (χ4v) is 4.96. The molecule has 0 radical (unpaired) electrons. The van der Waals surface area contributed by atoms with Gasteiger partial charge in [-0.05, 0) is 30.9 Å². The van der Waals surface area contributed by atoms with Crippen LogP contribution in [0.5, 0.6) is 11.5 Å². The Morgan fingerprint density at radius 3 is 2.32 bits per heavy atom. The van der Waals surface area contributed by atoms with Gasteiger partial charge in [-0.2, -0.15) is 4.39 Å². The number of hydrogen-bond acceptors (Lipinski definition) is 4. The Morgan fingerprint density at radius 2 is 1.57 bits per heavy atom. The Hall–Kier alpha value is -2.31. The molecule has 2 aromatic rings. The minimum atomic E-state index is -1.21. The van der Waals surface area contributed by atoms with Gasteiger partial charge in [-0.1, -0.05) is 90.4 Å². The van der Waals surface area contributed by atoms with E-state index in [2.05, 4.69) is 16.9 Å². The molecule has 0 N–H and O–H groups in total. The normalized spacial score (nSPS) is 14.7. The third-order valence-corrected chi connectivity index (χ3v) is 7.21. The zero-order valence-corrected chi connectivity index (χ0v) is 22.3. The predicted octanol–water partition coefficient (Wildman–Crippen LogP) is 9.02. The summed E-state index contributed by atoms with van der Waals surface area (Å²) in [5.74, 6) is -1.06. The van der Waals surface area contributed by atoms with Crippen molar-refractivity contribution < 1.29 is 22.6 Å². The molecule has 37 heavy (non-hydrogen) atoms. The van der Waals surface area contributed by atoms with E-state index in [1.165, 1.54) is 75.9 Å². The second-order valence-corrected chi connectivity index (χ2v) is 10.3. The molecule has 0 saturated heterocycles. The summed E-state index contributed by atoms with van der Waals surface area (Å²) in [4.78, 5) is 8.27. The van der Waals surface area contributed by atoms with Crippen LogP contribution in [0.15, 0.2) is 24.5 Å². The van der Waals surface area contributed by atoms with E-state index in [4.69, 9.17) is 9.47 Å². The topological polar surface area (TPSA) is 44.2 Å². The molecular weight excluding hydrogens is 477 g/mol. The predicted molar refractivity (Wildman–Crippen MR) is 142 cm³/mol. The van der Waals surface area contributed by atoms with Crippen molar-refractivity contribution in [3.63, 3.8) is 0 Å². The van der Waals surface area contributed by atoms with Gasteiger partial charge in [0.15, 0.2) is 23.1 Å². The third-order valence-electron chi connectivity index (χ3n) is 7.21. The van der Waals surface area contributed by atoms with Gasteiger partial charge >= 0.3 is 0 Å². The molecule has 1 atom stereocenters. The first-order valence-electron chi connectivity index (χ1n) is 14.3. The quantitative estimate of drug-likeness (QED) is 0.184. The van der Waals surface area contributed by atoms with Gasteiger partial charge in [-0.15, -0.1) is 0 Å². The zero-order chi connectivity index (χ0) is 26.3. The Bertz CT molecular complexity index is 904. The fraction of sp³-hybridized carbons (Fsp3) is 0.667. The molecule has 0 aliphatic heterocycles. The lowest BCUT2D eigenvalue weighted by atomic mass is 9.99. The van der Waals surface area contributed by atoms with Crippen LogP contribution >= 0.6 is 0 Å². The number of ether oxygens (including phenoxy) is 2. The smallest absolute Gasteiger partial charge is 0.201 e.